The first-order chi connectivity index (χ1) is 11.2. The maximum absolute atomic E-state index is 13.8. The Kier molecular flexibility index (Phi) is 7.35. The van der Waals surface area contributed by atoms with Crippen molar-refractivity contribution in [3.05, 3.63) is 29.6 Å². The van der Waals surface area contributed by atoms with E-state index >= 15 is 0 Å². The van der Waals surface area contributed by atoms with Gasteiger partial charge in [0.1, 0.15) is 5.82 Å². The number of hydrogen-bond acceptors (Lipinski definition) is 3. The Morgan fingerprint density at radius 1 is 1.21 bits per heavy atom. The maximum atomic E-state index is 13.8. The van der Waals surface area contributed by atoms with Crippen molar-refractivity contribution < 1.29 is 19.1 Å². The molecule has 24 heavy (non-hydrogen) atoms. The molecule has 0 heterocycles. The highest BCUT2D eigenvalue weighted by atomic mass is 19.1. The van der Waals surface area contributed by atoms with E-state index in [1.165, 1.54) is 31.1 Å². The molecule has 6 heteroatoms. The first-order valence-corrected chi connectivity index (χ1v) is 8.26. The molecule has 0 bridgehead atoms. The molecule has 2 N–H and O–H groups in total. The minimum Gasteiger partial charge on any atom is -0.389 e. The van der Waals surface area contributed by atoms with E-state index in [9.17, 15) is 19.1 Å². The summed E-state index contributed by atoms with van der Waals surface area (Å²) in [5.74, 6) is -1.47. The molecule has 0 unspecified atom stereocenters. The molecule has 0 saturated heterocycles. The first kappa shape index (κ1) is 20.1. The van der Waals surface area contributed by atoms with Gasteiger partial charge in [-0.15, -0.1) is 0 Å². The largest absolute Gasteiger partial charge is 0.389 e. The zero-order valence-corrected chi connectivity index (χ0v) is 14.9. The summed E-state index contributed by atoms with van der Waals surface area (Å²) in [5, 5.41) is 13.2. The van der Waals surface area contributed by atoms with Gasteiger partial charge >= 0.3 is 0 Å². The molecule has 2 amide bonds. The lowest BCUT2D eigenvalue weighted by molar-refractivity contribution is -0.121. The van der Waals surface area contributed by atoms with E-state index in [4.69, 9.17) is 0 Å². The van der Waals surface area contributed by atoms with Crippen LogP contribution in [0.4, 0.5) is 10.1 Å². The molecule has 1 rings (SSSR count). The van der Waals surface area contributed by atoms with E-state index in [2.05, 4.69) is 5.32 Å². The number of carbonyl (C=O) groups is 2. The molecule has 1 aromatic rings. The van der Waals surface area contributed by atoms with Crippen molar-refractivity contribution in [2.24, 2.45) is 0 Å². The molecule has 0 aliphatic heterocycles. The van der Waals surface area contributed by atoms with Crippen LogP contribution in [0.5, 0.6) is 0 Å². The minimum atomic E-state index is -1.03. The van der Waals surface area contributed by atoms with Gasteiger partial charge in [-0.05, 0) is 31.0 Å². The Bertz CT molecular complexity index is 582. The van der Waals surface area contributed by atoms with E-state index in [0.29, 0.717) is 18.5 Å². The molecule has 134 valence electrons. The van der Waals surface area contributed by atoms with E-state index in [1.54, 1.807) is 0 Å². The second kappa shape index (κ2) is 8.78. The van der Waals surface area contributed by atoms with Gasteiger partial charge in [-0.3, -0.25) is 9.59 Å². The van der Waals surface area contributed by atoms with Crippen molar-refractivity contribution in [1.29, 1.82) is 0 Å². The van der Waals surface area contributed by atoms with E-state index in [0.717, 1.165) is 18.9 Å². The quantitative estimate of drug-likeness (QED) is 0.765. The number of rotatable bonds is 8. The van der Waals surface area contributed by atoms with E-state index in [1.807, 2.05) is 13.8 Å². The molecular formula is C18H27FN2O3. The van der Waals surface area contributed by atoms with Gasteiger partial charge in [0, 0.05) is 19.8 Å². The zero-order chi connectivity index (χ0) is 18.3. The van der Waals surface area contributed by atoms with Gasteiger partial charge in [-0.25, -0.2) is 4.39 Å². The summed E-state index contributed by atoms with van der Waals surface area (Å²) in [6, 6.07) is 3.86. The number of nitrogens with one attached hydrogen (secondary N) is 1. The standard InChI is InChI=1S/C18H27FN2O3/c1-5-9-18(24,10-6-2)12-16(22)20-13-7-8-15(19)14(11-13)17(23)21(3)4/h7-8,11,24H,5-6,9-10,12H2,1-4H3,(H,20,22). The van der Waals surface area contributed by atoms with Crippen LogP contribution in [-0.4, -0.2) is 41.5 Å². The molecule has 1 aromatic carbocycles. The SMILES string of the molecule is CCCC(O)(CCC)CC(=O)Nc1ccc(F)c(C(=O)N(C)C)c1. The number of carbonyl (C=O) groups excluding carboxylic acids is 2. The second-order valence-corrected chi connectivity index (χ2v) is 6.34. The number of benzene rings is 1. The van der Waals surface area contributed by atoms with Crippen LogP contribution in [0, 0.1) is 5.82 Å². The second-order valence-electron chi connectivity index (χ2n) is 6.34. The topological polar surface area (TPSA) is 69.6 Å². The van der Waals surface area contributed by atoms with Crippen LogP contribution in [0.25, 0.3) is 0 Å². The summed E-state index contributed by atoms with van der Waals surface area (Å²) >= 11 is 0. The highest BCUT2D eigenvalue weighted by molar-refractivity contribution is 5.97. The fraction of sp³-hybridized carbons (Fsp3) is 0.556. The van der Waals surface area contributed by atoms with Gasteiger partial charge in [-0.2, -0.15) is 0 Å². The van der Waals surface area contributed by atoms with Gasteiger partial charge in [0.15, 0.2) is 0 Å². The van der Waals surface area contributed by atoms with E-state index in [-0.39, 0.29) is 17.9 Å². The number of aliphatic hydroxyl groups is 1. The third-order valence-corrected chi connectivity index (χ3v) is 3.81. The number of anilines is 1. The average molecular weight is 338 g/mol. The lowest BCUT2D eigenvalue weighted by atomic mass is 9.89. The molecule has 0 aromatic heterocycles. The molecule has 0 saturated carbocycles. The summed E-state index contributed by atoms with van der Waals surface area (Å²) in [7, 11) is 3.06. The van der Waals surface area contributed by atoms with Crippen molar-refractivity contribution in [3.63, 3.8) is 0 Å². The molecule has 0 atom stereocenters. The fourth-order valence-corrected chi connectivity index (χ4v) is 2.74. The van der Waals surface area contributed by atoms with Gasteiger partial charge < -0.3 is 15.3 Å². The van der Waals surface area contributed by atoms with Gasteiger partial charge in [0.05, 0.1) is 17.6 Å². The smallest absolute Gasteiger partial charge is 0.256 e. The summed E-state index contributed by atoms with van der Waals surface area (Å²) in [4.78, 5) is 25.4. The predicted molar refractivity (Wildman–Crippen MR) is 92.4 cm³/mol. The lowest BCUT2D eigenvalue weighted by Gasteiger charge is -2.26. The zero-order valence-electron chi connectivity index (χ0n) is 14.9. The highest BCUT2D eigenvalue weighted by Gasteiger charge is 2.28. The number of amides is 2. The number of hydrogen-bond donors (Lipinski definition) is 2. The van der Waals surface area contributed by atoms with Crippen molar-refractivity contribution in [2.45, 2.75) is 51.6 Å². The molecule has 0 aliphatic carbocycles. The maximum Gasteiger partial charge on any atom is 0.256 e. The van der Waals surface area contributed by atoms with Gasteiger partial charge in [0.25, 0.3) is 5.91 Å². The van der Waals surface area contributed by atoms with Crippen LogP contribution < -0.4 is 5.32 Å². The molecule has 0 fully saturated rings. The van der Waals surface area contributed by atoms with Crippen LogP contribution >= 0.6 is 0 Å². The molecule has 0 radical (unpaired) electrons. The number of halogens is 1. The molecule has 5 nitrogen and oxygen atoms in total. The number of nitrogens with zero attached hydrogens (tertiary/aromatic N) is 1. The van der Waals surface area contributed by atoms with Crippen molar-refractivity contribution >= 4 is 17.5 Å². The Hall–Kier alpha value is -1.95. The Balaban J connectivity index is 2.87. The monoisotopic (exact) mass is 338 g/mol. The molecule has 0 spiro atoms. The summed E-state index contributed by atoms with van der Waals surface area (Å²) in [5.41, 5.74) is -0.798. The summed E-state index contributed by atoms with van der Waals surface area (Å²) in [6.45, 7) is 3.91. The third kappa shape index (κ3) is 5.60. The Labute approximate surface area is 142 Å². The Morgan fingerprint density at radius 3 is 2.29 bits per heavy atom. The van der Waals surface area contributed by atoms with Crippen molar-refractivity contribution in [2.75, 3.05) is 19.4 Å². The lowest BCUT2D eigenvalue weighted by Crippen LogP contribution is -2.33. The fourth-order valence-electron chi connectivity index (χ4n) is 2.74. The van der Waals surface area contributed by atoms with Crippen LogP contribution in [0.1, 0.15) is 56.3 Å². The normalized spacial score (nSPS) is 11.2. The van der Waals surface area contributed by atoms with Crippen molar-refractivity contribution in [3.8, 4) is 0 Å². The van der Waals surface area contributed by atoms with Crippen LogP contribution in [0.3, 0.4) is 0 Å². The Morgan fingerprint density at radius 2 is 1.79 bits per heavy atom. The van der Waals surface area contributed by atoms with Gasteiger partial charge in [0.2, 0.25) is 5.91 Å². The van der Waals surface area contributed by atoms with E-state index < -0.39 is 17.3 Å². The minimum absolute atomic E-state index is 0.0248. The van der Waals surface area contributed by atoms with Crippen LogP contribution in [-0.2, 0) is 4.79 Å². The summed E-state index contributed by atoms with van der Waals surface area (Å²) < 4.78 is 13.8. The van der Waals surface area contributed by atoms with Crippen molar-refractivity contribution in [1.82, 2.24) is 4.90 Å². The highest BCUT2D eigenvalue weighted by Crippen LogP contribution is 2.24. The average Bonchev–Trinajstić information content (AvgIpc) is 2.48. The predicted octanol–water partition coefficient (Wildman–Crippen LogP) is 3.19. The molecule has 0 aliphatic rings. The first-order valence-electron chi connectivity index (χ1n) is 8.26. The van der Waals surface area contributed by atoms with Crippen LogP contribution in [0.15, 0.2) is 18.2 Å². The summed E-state index contributed by atoms with van der Waals surface area (Å²) in [6.07, 6.45) is 2.62. The van der Waals surface area contributed by atoms with Gasteiger partial charge in [-0.1, -0.05) is 26.7 Å². The van der Waals surface area contributed by atoms with Crippen LogP contribution in [0.2, 0.25) is 0 Å². The molecular weight excluding hydrogens is 311 g/mol. The third-order valence-electron chi connectivity index (χ3n) is 3.81.